The maximum absolute atomic E-state index is 13.0. The second-order valence-corrected chi connectivity index (χ2v) is 7.58. The first-order valence-corrected chi connectivity index (χ1v) is 9.62. The van der Waals surface area contributed by atoms with Crippen LogP contribution in [0.2, 0.25) is 0 Å². The van der Waals surface area contributed by atoms with Crippen molar-refractivity contribution in [3.05, 3.63) is 30.5 Å². The normalized spacial score (nSPS) is 26.7. The summed E-state index contributed by atoms with van der Waals surface area (Å²) >= 11 is 0. The van der Waals surface area contributed by atoms with E-state index in [1.54, 1.807) is 0 Å². The van der Waals surface area contributed by atoms with Gasteiger partial charge in [0.15, 0.2) is 5.65 Å². The highest BCUT2D eigenvalue weighted by atomic mass is 16.5. The zero-order valence-electron chi connectivity index (χ0n) is 15.4. The molecule has 0 saturated carbocycles. The smallest absolute Gasteiger partial charge is 0.242 e. The van der Waals surface area contributed by atoms with Crippen LogP contribution in [0.15, 0.2) is 24.7 Å². The molecule has 3 aromatic rings. The summed E-state index contributed by atoms with van der Waals surface area (Å²) in [5, 5.41) is 3.28. The van der Waals surface area contributed by atoms with E-state index in [9.17, 15) is 4.79 Å². The van der Waals surface area contributed by atoms with E-state index < -0.39 is 0 Å². The minimum atomic E-state index is -0.231. The van der Waals surface area contributed by atoms with Crippen molar-refractivity contribution in [2.24, 2.45) is 5.92 Å². The van der Waals surface area contributed by atoms with Crippen LogP contribution in [-0.2, 0) is 9.53 Å². The Balaban J connectivity index is 1.47. The van der Waals surface area contributed by atoms with Gasteiger partial charge in [-0.3, -0.25) is 9.20 Å². The Bertz CT molecular complexity index is 973. The van der Waals surface area contributed by atoms with Crippen LogP contribution in [0, 0.1) is 5.92 Å². The Morgan fingerprint density at radius 3 is 3.07 bits per heavy atom. The summed E-state index contributed by atoms with van der Waals surface area (Å²) in [7, 11) is 0. The molecule has 142 valence electrons. The number of nitrogens with zero attached hydrogens (tertiary/aromatic N) is 4. The monoisotopic (exact) mass is 368 g/mol. The van der Waals surface area contributed by atoms with Crippen molar-refractivity contribution in [2.45, 2.75) is 25.3 Å². The number of fused-ring (bicyclic) bond motifs is 3. The number of ether oxygens (including phenoxy) is 1. The van der Waals surface area contributed by atoms with Gasteiger partial charge in [0, 0.05) is 31.7 Å². The van der Waals surface area contributed by atoms with Gasteiger partial charge in [0.2, 0.25) is 5.91 Å². The highest BCUT2D eigenvalue weighted by Crippen LogP contribution is 2.33. The Labute approximate surface area is 156 Å². The van der Waals surface area contributed by atoms with Crippen molar-refractivity contribution in [2.75, 3.05) is 32.8 Å². The highest BCUT2D eigenvalue weighted by molar-refractivity contribution is 5.82. The predicted octanol–water partition coefficient (Wildman–Crippen LogP) is 1.15. The van der Waals surface area contributed by atoms with E-state index in [0.29, 0.717) is 25.7 Å². The fraction of sp³-hybridized carbons (Fsp3) is 0.526. The molecule has 2 aliphatic heterocycles. The third kappa shape index (κ3) is 2.80. The number of amides is 1. The lowest BCUT2D eigenvalue weighted by molar-refractivity contribution is -0.138. The number of aromatic nitrogens is 4. The molecule has 0 aliphatic carbocycles. The molecule has 0 spiro atoms. The summed E-state index contributed by atoms with van der Waals surface area (Å²) < 4.78 is 7.65. The number of carbonyl (C=O) groups excluding carboxylic acids is 1. The standard InChI is InChI=1S/C19H24N6O2/c1-12-3-6-24(19(26)15-11-27-7-5-20-15)10-14(12)18-23-9-13-8-22-17-16(25(13)18)2-4-21-17/h2,4,8-9,12,14-15,20-21H,3,5-7,10-11H2,1H3/t12-,14+,15-/m1/s1. The molecule has 27 heavy (non-hydrogen) atoms. The Hall–Kier alpha value is -2.45. The average Bonchev–Trinajstić information content (AvgIpc) is 3.35. The number of carbonyl (C=O) groups is 1. The maximum Gasteiger partial charge on any atom is 0.242 e. The molecular weight excluding hydrogens is 344 g/mol. The number of aromatic amines is 1. The first-order chi connectivity index (χ1) is 13.2. The quantitative estimate of drug-likeness (QED) is 0.709. The van der Waals surface area contributed by atoms with Crippen molar-refractivity contribution >= 4 is 22.6 Å². The van der Waals surface area contributed by atoms with Gasteiger partial charge >= 0.3 is 0 Å². The minimum Gasteiger partial charge on any atom is -0.378 e. The average molecular weight is 368 g/mol. The number of likely N-dealkylation sites (tertiary alicyclic amines) is 1. The SMILES string of the molecule is C[C@@H]1CCN(C(=O)[C@H]2COCCN2)C[C@@H]1c1ncc2cnc3[nH]ccc3n12. The largest absolute Gasteiger partial charge is 0.378 e. The molecule has 2 saturated heterocycles. The molecule has 5 rings (SSSR count). The Kier molecular flexibility index (Phi) is 4.09. The number of nitrogens with one attached hydrogen (secondary N) is 2. The van der Waals surface area contributed by atoms with Crippen LogP contribution in [-0.4, -0.2) is 69.0 Å². The molecule has 0 bridgehead atoms. The van der Waals surface area contributed by atoms with Gasteiger partial charge in [-0.25, -0.2) is 9.97 Å². The Morgan fingerprint density at radius 2 is 2.22 bits per heavy atom. The van der Waals surface area contributed by atoms with Gasteiger partial charge < -0.3 is 19.9 Å². The minimum absolute atomic E-state index is 0.140. The summed E-state index contributed by atoms with van der Waals surface area (Å²) in [5.41, 5.74) is 2.86. The summed E-state index contributed by atoms with van der Waals surface area (Å²) in [6.45, 7) is 5.59. The lowest BCUT2D eigenvalue weighted by Gasteiger charge is -2.38. The summed E-state index contributed by atoms with van der Waals surface area (Å²) in [6, 6.07) is 1.80. The number of piperidine rings is 1. The molecule has 2 N–H and O–H groups in total. The van der Waals surface area contributed by atoms with Gasteiger partial charge in [-0.1, -0.05) is 6.92 Å². The molecule has 3 atom stereocenters. The number of morpholine rings is 1. The van der Waals surface area contributed by atoms with E-state index in [1.165, 1.54) is 0 Å². The first kappa shape index (κ1) is 16.7. The number of rotatable bonds is 2. The second-order valence-electron chi connectivity index (χ2n) is 7.58. The number of H-pyrrole nitrogens is 1. The predicted molar refractivity (Wildman–Crippen MR) is 101 cm³/mol. The molecule has 2 fully saturated rings. The molecule has 8 heteroatoms. The van der Waals surface area contributed by atoms with Crippen molar-refractivity contribution < 1.29 is 9.53 Å². The van der Waals surface area contributed by atoms with E-state index in [1.807, 2.05) is 29.6 Å². The van der Waals surface area contributed by atoms with Crippen molar-refractivity contribution in [3.8, 4) is 0 Å². The van der Waals surface area contributed by atoms with Crippen LogP contribution in [0.25, 0.3) is 16.7 Å². The molecule has 1 amide bonds. The molecule has 0 unspecified atom stereocenters. The fourth-order valence-electron chi connectivity index (χ4n) is 4.31. The molecular formula is C19H24N6O2. The van der Waals surface area contributed by atoms with E-state index >= 15 is 0 Å². The summed E-state index contributed by atoms with van der Waals surface area (Å²) in [4.78, 5) is 27.3. The Morgan fingerprint density at radius 1 is 1.33 bits per heavy atom. The maximum atomic E-state index is 13.0. The lowest BCUT2D eigenvalue weighted by atomic mass is 9.86. The molecule has 3 aromatic heterocycles. The number of hydrogen-bond donors (Lipinski definition) is 2. The van der Waals surface area contributed by atoms with Gasteiger partial charge in [-0.05, 0) is 18.4 Å². The van der Waals surface area contributed by atoms with E-state index in [4.69, 9.17) is 9.72 Å². The zero-order valence-corrected chi connectivity index (χ0v) is 15.4. The summed E-state index contributed by atoms with van der Waals surface area (Å²) in [6.07, 6.45) is 6.59. The molecule has 0 radical (unpaired) electrons. The lowest BCUT2D eigenvalue weighted by Crippen LogP contribution is -2.55. The van der Waals surface area contributed by atoms with Crippen LogP contribution in [0.4, 0.5) is 0 Å². The van der Waals surface area contributed by atoms with Crippen LogP contribution in [0.1, 0.15) is 25.1 Å². The van der Waals surface area contributed by atoms with Crippen LogP contribution >= 0.6 is 0 Å². The third-order valence-electron chi connectivity index (χ3n) is 5.91. The first-order valence-electron chi connectivity index (χ1n) is 9.62. The third-order valence-corrected chi connectivity index (χ3v) is 5.91. The number of hydrogen-bond acceptors (Lipinski definition) is 5. The molecule has 8 nitrogen and oxygen atoms in total. The number of imidazole rings is 1. The van der Waals surface area contributed by atoms with Crippen molar-refractivity contribution in [3.63, 3.8) is 0 Å². The molecule has 2 aliphatic rings. The van der Waals surface area contributed by atoms with Gasteiger partial charge in [0.05, 0.1) is 36.6 Å². The topological polar surface area (TPSA) is 87.5 Å². The fourth-order valence-corrected chi connectivity index (χ4v) is 4.31. The van der Waals surface area contributed by atoms with Crippen LogP contribution in [0.3, 0.4) is 0 Å². The van der Waals surface area contributed by atoms with E-state index in [0.717, 1.165) is 42.0 Å². The van der Waals surface area contributed by atoms with Crippen LogP contribution < -0.4 is 5.32 Å². The van der Waals surface area contributed by atoms with Crippen molar-refractivity contribution in [1.29, 1.82) is 0 Å². The highest BCUT2D eigenvalue weighted by Gasteiger charge is 2.35. The summed E-state index contributed by atoms with van der Waals surface area (Å²) in [5.74, 6) is 1.79. The van der Waals surface area contributed by atoms with Gasteiger partial charge in [-0.2, -0.15) is 0 Å². The zero-order chi connectivity index (χ0) is 18.4. The van der Waals surface area contributed by atoms with Gasteiger partial charge in [-0.15, -0.1) is 0 Å². The van der Waals surface area contributed by atoms with Gasteiger partial charge in [0.25, 0.3) is 0 Å². The van der Waals surface area contributed by atoms with E-state index in [-0.39, 0.29) is 17.9 Å². The molecule has 0 aromatic carbocycles. The van der Waals surface area contributed by atoms with Crippen LogP contribution in [0.5, 0.6) is 0 Å². The van der Waals surface area contributed by atoms with E-state index in [2.05, 4.69) is 26.6 Å². The van der Waals surface area contributed by atoms with Crippen molar-refractivity contribution in [1.82, 2.24) is 29.6 Å². The van der Waals surface area contributed by atoms with Gasteiger partial charge in [0.1, 0.15) is 11.9 Å². The second kappa shape index (κ2) is 6.61. The molecule has 5 heterocycles.